The molecule has 0 radical (unpaired) electrons. The van der Waals surface area contributed by atoms with E-state index in [-0.39, 0.29) is 6.54 Å². The molecule has 2 aromatic heterocycles. The topological polar surface area (TPSA) is 85.0 Å². The number of hydrogen-bond donors (Lipinski definition) is 1. The lowest BCUT2D eigenvalue weighted by Crippen LogP contribution is -2.23. The lowest BCUT2D eigenvalue weighted by molar-refractivity contribution is 0.261. The Labute approximate surface area is 148 Å². The molecule has 8 nitrogen and oxygen atoms in total. The molecule has 9 heteroatoms. The SMILES string of the molecule is CC(C)n1cc(CN2CCCn3nc(CNS(C)(=O)=O)cc3C2)cn1. The normalized spacial score (nSPS) is 16.2. The molecule has 0 unspecified atom stereocenters. The van der Waals surface area contributed by atoms with E-state index >= 15 is 0 Å². The Morgan fingerprint density at radius 3 is 2.80 bits per heavy atom. The minimum Gasteiger partial charge on any atom is -0.293 e. The second kappa shape index (κ2) is 7.27. The van der Waals surface area contributed by atoms with Gasteiger partial charge in [0, 0.05) is 44.0 Å². The Morgan fingerprint density at radius 2 is 2.12 bits per heavy atom. The van der Waals surface area contributed by atoms with Gasteiger partial charge in [-0.2, -0.15) is 10.2 Å². The number of rotatable bonds is 6. The highest BCUT2D eigenvalue weighted by Crippen LogP contribution is 2.17. The third-order valence-electron chi connectivity index (χ3n) is 4.25. The minimum absolute atomic E-state index is 0.236. The first kappa shape index (κ1) is 18.1. The van der Waals surface area contributed by atoms with Crippen LogP contribution < -0.4 is 4.72 Å². The molecule has 0 spiro atoms. The van der Waals surface area contributed by atoms with E-state index in [1.807, 2.05) is 21.6 Å². The maximum atomic E-state index is 11.2. The van der Waals surface area contributed by atoms with Gasteiger partial charge in [-0.15, -0.1) is 0 Å². The zero-order valence-corrected chi connectivity index (χ0v) is 15.8. The van der Waals surface area contributed by atoms with Crippen molar-refractivity contribution in [2.75, 3.05) is 12.8 Å². The number of aromatic nitrogens is 4. The van der Waals surface area contributed by atoms with Crippen LogP contribution in [0.25, 0.3) is 0 Å². The first-order chi connectivity index (χ1) is 11.8. The van der Waals surface area contributed by atoms with Gasteiger partial charge in [-0.25, -0.2) is 13.1 Å². The summed E-state index contributed by atoms with van der Waals surface area (Å²) in [4.78, 5) is 2.38. The van der Waals surface area contributed by atoms with E-state index in [4.69, 9.17) is 0 Å². The van der Waals surface area contributed by atoms with Crippen LogP contribution >= 0.6 is 0 Å². The van der Waals surface area contributed by atoms with Gasteiger partial charge in [0.15, 0.2) is 0 Å². The Kier molecular flexibility index (Phi) is 5.26. The molecule has 0 aromatic carbocycles. The van der Waals surface area contributed by atoms with Crippen molar-refractivity contribution in [2.24, 2.45) is 0 Å². The average molecular weight is 366 g/mol. The maximum absolute atomic E-state index is 11.2. The van der Waals surface area contributed by atoms with E-state index in [1.54, 1.807) is 0 Å². The summed E-state index contributed by atoms with van der Waals surface area (Å²) in [6.07, 6.45) is 6.22. The van der Waals surface area contributed by atoms with Gasteiger partial charge in [0.05, 0.1) is 30.4 Å². The van der Waals surface area contributed by atoms with Crippen LogP contribution in [-0.4, -0.2) is 45.7 Å². The van der Waals surface area contributed by atoms with Crippen LogP contribution in [0.1, 0.15) is 43.3 Å². The predicted octanol–water partition coefficient (Wildman–Crippen LogP) is 1.12. The van der Waals surface area contributed by atoms with Crippen LogP contribution in [0.5, 0.6) is 0 Å². The minimum atomic E-state index is -3.21. The Morgan fingerprint density at radius 1 is 1.32 bits per heavy atom. The van der Waals surface area contributed by atoms with Crippen LogP contribution in [-0.2, 0) is 36.2 Å². The van der Waals surface area contributed by atoms with E-state index < -0.39 is 10.0 Å². The summed E-state index contributed by atoms with van der Waals surface area (Å²) < 4.78 is 29.0. The molecule has 1 aliphatic heterocycles. The van der Waals surface area contributed by atoms with E-state index in [0.717, 1.165) is 50.2 Å². The van der Waals surface area contributed by atoms with Crippen molar-refractivity contribution in [3.8, 4) is 0 Å². The zero-order chi connectivity index (χ0) is 18.0. The number of hydrogen-bond acceptors (Lipinski definition) is 5. The van der Waals surface area contributed by atoms with Crippen molar-refractivity contribution >= 4 is 10.0 Å². The molecule has 0 saturated heterocycles. The first-order valence-corrected chi connectivity index (χ1v) is 10.4. The summed E-state index contributed by atoms with van der Waals surface area (Å²) in [6, 6.07) is 2.36. The Bertz CT molecular complexity index is 824. The van der Waals surface area contributed by atoms with Gasteiger partial charge < -0.3 is 0 Å². The number of nitrogens with one attached hydrogen (secondary N) is 1. The molecule has 3 rings (SSSR count). The van der Waals surface area contributed by atoms with Crippen molar-refractivity contribution in [1.82, 2.24) is 29.2 Å². The smallest absolute Gasteiger partial charge is 0.209 e. The summed E-state index contributed by atoms with van der Waals surface area (Å²) in [5.74, 6) is 0. The molecular formula is C16H26N6O2S. The van der Waals surface area contributed by atoms with Crippen LogP contribution in [0.4, 0.5) is 0 Å². The van der Waals surface area contributed by atoms with Crippen molar-refractivity contribution in [3.05, 3.63) is 35.4 Å². The van der Waals surface area contributed by atoms with Gasteiger partial charge in [0.25, 0.3) is 0 Å². The molecule has 3 heterocycles. The van der Waals surface area contributed by atoms with Gasteiger partial charge >= 0.3 is 0 Å². The third-order valence-corrected chi connectivity index (χ3v) is 4.92. The number of nitrogens with zero attached hydrogens (tertiary/aromatic N) is 5. The van der Waals surface area contributed by atoms with Crippen molar-refractivity contribution in [2.45, 2.75) is 52.5 Å². The molecule has 0 aliphatic carbocycles. The molecule has 0 bridgehead atoms. The largest absolute Gasteiger partial charge is 0.293 e. The third kappa shape index (κ3) is 4.90. The highest BCUT2D eigenvalue weighted by Gasteiger charge is 2.18. The lowest BCUT2D eigenvalue weighted by Gasteiger charge is -2.18. The quantitative estimate of drug-likeness (QED) is 0.828. The second-order valence-corrected chi connectivity index (χ2v) is 8.76. The van der Waals surface area contributed by atoms with Crippen LogP contribution in [0.15, 0.2) is 18.5 Å². The molecule has 1 aliphatic rings. The molecule has 0 atom stereocenters. The number of sulfonamides is 1. The molecule has 0 saturated carbocycles. The standard InChI is InChI=1S/C16H26N6O2S/c1-13(2)22-11-14(8-17-22)10-20-5-4-6-21-16(12-20)7-15(19-21)9-18-25(3,23)24/h7-8,11,13,18H,4-6,9-10,12H2,1-3H3. The first-order valence-electron chi connectivity index (χ1n) is 8.56. The predicted molar refractivity (Wildman–Crippen MR) is 95.3 cm³/mol. The van der Waals surface area contributed by atoms with Gasteiger partial charge in [-0.05, 0) is 26.3 Å². The fourth-order valence-electron chi connectivity index (χ4n) is 3.01. The van der Waals surface area contributed by atoms with Crippen molar-refractivity contribution in [1.29, 1.82) is 0 Å². The maximum Gasteiger partial charge on any atom is 0.209 e. The summed E-state index contributed by atoms with van der Waals surface area (Å²) in [5.41, 5.74) is 3.09. The van der Waals surface area contributed by atoms with E-state index in [1.165, 1.54) is 5.56 Å². The van der Waals surface area contributed by atoms with E-state index in [2.05, 4.69) is 39.9 Å². The van der Waals surface area contributed by atoms with Gasteiger partial charge in [-0.1, -0.05) is 0 Å². The van der Waals surface area contributed by atoms with E-state index in [9.17, 15) is 8.42 Å². The summed E-state index contributed by atoms with van der Waals surface area (Å²) >= 11 is 0. The molecule has 0 fully saturated rings. The fraction of sp³-hybridized carbons (Fsp3) is 0.625. The van der Waals surface area contributed by atoms with Crippen LogP contribution in [0.2, 0.25) is 0 Å². The van der Waals surface area contributed by atoms with Gasteiger partial charge in [0.2, 0.25) is 10.0 Å². The Hall–Kier alpha value is -1.71. The lowest BCUT2D eigenvalue weighted by atomic mass is 10.2. The monoisotopic (exact) mass is 366 g/mol. The fourth-order valence-corrected chi connectivity index (χ4v) is 3.42. The highest BCUT2D eigenvalue weighted by molar-refractivity contribution is 7.88. The number of fused-ring (bicyclic) bond motifs is 1. The molecule has 25 heavy (non-hydrogen) atoms. The molecular weight excluding hydrogens is 340 g/mol. The molecule has 138 valence electrons. The zero-order valence-electron chi connectivity index (χ0n) is 15.0. The van der Waals surface area contributed by atoms with Gasteiger partial charge in [-0.3, -0.25) is 14.3 Å². The van der Waals surface area contributed by atoms with Gasteiger partial charge in [0.1, 0.15) is 0 Å². The van der Waals surface area contributed by atoms with Crippen LogP contribution in [0, 0.1) is 0 Å². The summed E-state index contributed by atoms with van der Waals surface area (Å²) in [6.45, 7) is 8.00. The molecule has 0 amide bonds. The van der Waals surface area contributed by atoms with Crippen molar-refractivity contribution < 1.29 is 8.42 Å². The number of aryl methyl sites for hydroxylation is 1. The Balaban J connectivity index is 1.66. The summed E-state index contributed by atoms with van der Waals surface area (Å²) in [5, 5.41) is 8.94. The van der Waals surface area contributed by atoms with Crippen molar-refractivity contribution in [3.63, 3.8) is 0 Å². The average Bonchev–Trinajstić information content (AvgIpc) is 3.08. The second-order valence-electron chi connectivity index (χ2n) is 6.93. The van der Waals surface area contributed by atoms with Crippen LogP contribution in [0.3, 0.4) is 0 Å². The molecule has 2 aromatic rings. The summed E-state index contributed by atoms with van der Waals surface area (Å²) in [7, 11) is -3.21. The van der Waals surface area contributed by atoms with E-state index in [0.29, 0.717) is 6.04 Å². The highest BCUT2D eigenvalue weighted by atomic mass is 32.2. The molecule has 1 N–H and O–H groups in total.